The van der Waals surface area contributed by atoms with E-state index in [2.05, 4.69) is 15.4 Å². The Balaban J connectivity index is 1.64. The summed E-state index contributed by atoms with van der Waals surface area (Å²) >= 11 is 0. The van der Waals surface area contributed by atoms with Crippen LogP contribution in [0.15, 0.2) is 61.1 Å². The van der Waals surface area contributed by atoms with Crippen molar-refractivity contribution in [1.29, 1.82) is 0 Å². The van der Waals surface area contributed by atoms with Crippen molar-refractivity contribution in [1.82, 2.24) is 14.8 Å². The summed E-state index contributed by atoms with van der Waals surface area (Å²) in [5.74, 6) is 1.48. The molecule has 0 atom stereocenters. The van der Waals surface area contributed by atoms with Crippen LogP contribution in [0.25, 0.3) is 0 Å². The summed E-state index contributed by atoms with van der Waals surface area (Å²) in [4.78, 5) is 4.35. The molecule has 5 heteroatoms. The number of nitrogens with one attached hydrogen (secondary N) is 1. The Bertz CT molecular complexity index is 724. The zero-order valence-corrected chi connectivity index (χ0v) is 12.4. The second-order valence-electron chi connectivity index (χ2n) is 5.00. The molecule has 22 heavy (non-hydrogen) atoms. The van der Waals surface area contributed by atoms with Crippen LogP contribution in [0.2, 0.25) is 0 Å². The van der Waals surface area contributed by atoms with Crippen molar-refractivity contribution in [3.05, 3.63) is 72.2 Å². The molecule has 1 N–H and O–H groups in total. The molecule has 0 saturated heterocycles. The second-order valence-corrected chi connectivity index (χ2v) is 5.00. The molecule has 2 aromatic heterocycles. The van der Waals surface area contributed by atoms with Crippen LogP contribution in [0, 0.1) is 0 Å². The Labute approximate surface area is 129 Å². The molecule has 0 aliphatic rings. The number of rotatable bonds is 6. The Morgan fingerprint density at radius 1 is 1.09 bits per heavy atom. The van der Waals surface area contributed by atoms with Gasteiger partial charge in [-0.15, -0.1) is 0 Å². The number of pyridine rings is 1. The third-order valence-electron chi connectivity index (χ3n) is 3.23. The Morgan fingerprint density at radius 2 is 1.95 bits per heavy atom. The van der Waals surface area contributed by atoms with Crippen LogP contribution < -0.4 is 10.1 Å². The first-order valence-electron chi connectivity index (χ1n) is 7.14. The first-order chi connectivity index (χ1) is 10.8. The fraction of sp³-hybridized carbons (Fsp3) is 0.176. The van der Waals surface area contributed by atoms with Gasteiger partial charge in [-0.05, 0) is 17.7 Å². The average Bonchev–Trinajstić information content (AvgIpc) is 2.98. The number of aromatic nitrogens is 3. The van der Waals surface area contributed by atoms with Gasteiger partial charge in [0.2, 0.25) is 0 Å². The Kier molecular flexibility index (Phi) is 4.34. The minimum atomic E-state index is 0.522. The van der Waals surface area contributed by atoms with Gasteiger partial charge in [0.15, 0.2) is 11.6 Å². The van der Waals surface area contributed by atoms with Crippen LogP contribution in [0.1, 0.15) is 11.1 Å². The summed E-state index contributed by atoms with van der Waals surface area (Å²) in [7, 11) is 1.90. The van der Waals surface area contributed by atoms with E-state index in [0.29, 0.717) is 13.2 Å². The number of ether oxygens (including phenoxy) is 1. The van der Waals surface area contributed by atoms with Crippen LogP contribution in [0.4, 0.5) is 5.82 Å². The van der Waals surface area contributed by atoms with Crippen molar-refractivity contribution >= 4 is 5.82 Å². The summed E-state index contributed by atoms with van der Waals surface area (Å²) in [6.45, 7) is 1.18. The predicted octanol–water partition coefficient (Wildman–Crippen LogP) is 3.01. The zero-order valence-electron chi connectivity index (χ0n) is 12.4. The number of aryl methyl sites for hydroxylation is 1. The molecule has 0 unspecified atom stereocenters. The minimum Gasteiger partial charge on any atom is -0.485 e. The summed E-state index contributed by atoms with van der Waals surface area (Å²) < 4.78 is 7.65. The molecule has 1 aromatic carbocycles. The maximum absolute atomic E-state index is 5.87. The van der Waals surface area contributed by atoms with Crippen molar-refractivity contribution in [3.8, 4) is 5.75 Å². The van der Waals surface area contributed by atoms with Crippen LogP contribution >= 0.6 is 0 Å². The Hall–Kier alpha value is -2.82. The van der Waals surface area contributed by atoms with E-state index in [4.69, 9.17) is 4.74 Å². The van der Waals surface area contributed by atoms with E-state index in [9.17, 15) is 0 Å². The van der Waals surface area contributed by atoms with E-state index >= 15 is 0 Å². The van der Waals surface area contributed by atoms with Gasteiger partial charge in [0.1, 0.15) is 6.61 Å². The van der Waals surface area contributed by atoms with E-state index in [1.807, 2.05) is 61.9 Å². The zero-order chi connectivity index (χ0) is 15.2. The van der Waals surface area contributed by atoms with Gasteiger partial charge in [0.05, 0.1) is 6.20 Å². The number of nitrogens with zero attached hydrogens (tertiary/aromatic N) is 3. The molecular formula is C17H18N4O. The number of anilines is 1. The summed E-state index contributed by atoms with van der Waals surface area (Å²) in [5.41, 5.74) is 2.23. The van der Waals surface area contributed by atoms with Gasteiger partial charge in [-0.3, -0.25) is 4.68 Å². The van der Waals surface area contributed by atoms with E-state index in [-0.39, 0.29) is 0 Å². The van der Waals surface area contributed by atoms with Gasteiger partial charge in [-0.25, -0.2) is 4.98 Å². The maximum atomic E-state index is 5.87. The van der Waals surface area contributed by atoms with Crippen molar-refractivity contribution in [3.63, 3.8) is 0 Å². The molecule has 0 bridgehead atoms. The standard InChI is InChI=1S/C17H18N4O/c1-21-12-15(11-20-21)10-19-17-16(8-5-9-18-17)22-13-14-6-3-2-4-7-14/h2-9,11-12H,10,13H2,1H3,(H,18,19). The summed E-state index contributed by atoms with van der Waals surface area (Å²) in [6, 6.07) is 13.9. The molecular weight excluding hydrogens is 276 g/mol. The van der Waals surface area contributed by atoms with Crippen LogP contribution in [-0.4, -0.2) is 14.8 Å². The maximum Gasteiger partial charge on any atom is 0.169 e. The van der Waals surface area contributed by atoms with Crippen LogP contribution in [0.5, 0.6) is 5.75 Å². The molecule has 0 aliphatic carbocycles. The van der Waals surface area contributed by atoms with Crippen LogP contribution in [0.3, 0.4) is 0 Å². The van der Waals surface area contributed by atoms with Gasteiger partial charge in [-0.1, -0.05) is 30.3 Å². The lowest BCUT2D eigenvalue weighted by Gasteiger charge is -2.11. The van der Waals surface area contributed by atoms with Gasteiger partial charge in [0, 0.05) is 31.5 Å². The average molecular weight is 294 g/mol. The van der Waals surface area contributed by atoms with E-state index in [0.717, 1.165) is 22.7 Å². The van der Waals surface area contributed by atoms with Gasteiger partial charge in [0.25, 0.3) is 0 Å². The van der Waals surface area contributed by atoms with Crippen molar-refractivity contribution in [2.45, 2.75) is 13.2 Å². The first kappa shape index (κ1) is 14.1. The highest BCUT2D eigenvalue weighted by atomic mass is 16.5. The quantitative estimate of drug-likeness (QED) is 0.759. The highest BCUT2D eigenvalue weighted by molar-refractivity contribution is 5.49. The molecule has 0 amide bonds. The molecule has 0 fully saturated rings. The third-order valence-corrected chi connectivity index (χ3v) is 3.23. The molecule has 112 valence electrons. The lowest BCUT2D eigenvalue weighted by molar-refractivity contribution is 0.306. The third kappa shape index (κ3) is 3.63. The van der Waals surface area contributed by atoms with E-state index in [1.54, 1.807) is 10.9 Å². The highest BCUT2D eigenvalue weighted by Crippen LogP contribution is 2.22. The van der Waals surface area contributed by atoms with E-state index < -0.39 is 0 Å². The minimum absolute atomic E-state index is 0.522. The van der Waals surface area contributed by atoms with Gasteiger partial charge >= 0.3 is 0 Å². The van der Waals surface area contributed by atoms with Gasteiger partial charge in [-0.2, -0.15) is 5.10 Å². The summed E-state index contributed by atoms with van der Waals surface area (Å²) in [5, 5.41) is 7.44. The number of hydrogen-bond acceptors (Lipinski definition) is 4. The first-order valence-corrected chi connectivity index (χ1v) is 7.14. The largest absolute Gasteiger partial charge is 0.485 e. The molecule has 0 radical (unpaired) electrons. The van der Waals surface area contributed by atoms with Crippen molar-refractivity contribution in [2.24, 2.45) is 7.05 Å². The smallest absolute Gasteiger partial charge is 0.169 e. The monoisotopic (exact) mass is 294 g/mol. The topological polar surface area (TPSA) is 52.0 Å². The second kappa shape index (κ2) is 6.76. The highest BCUT2D eigenvalue weighted by Gasteiger charge is 2.05. The number of benzene rings is 1. The number of hydrogen-bond donors (Lipinski definition) is 1. The molecule has 0 aliphatic heterocycles. The lowest BCUT2D eigenvalue weighted by Crippen LogP contribution is -2.04. The molecule has 0 saturated carbocycles. The SMILES string of the molecule is Cn1cc(CNc2ncccc2OCc2ccccc2)cn1. The molecule has 3 aromatic rings. The van der Waals surface area contributed by atoms with Crippen molar-refractivity contribution in [2.75, 3.05) is 5.32 Å². The molecule has 2 heterocycles. The van der Waals surface area contributed by atoms with Crippen LogP contribution in [-0.2, 0) is 20.2 Å². The Morgan fingerprint density at radius 3 is 2.73 bits per heavy atom. The lowest BCUT2D eigenvalue weighted by atomic mass is 10.2. The molecule has 3 rings (SSSR count). The fourth-order valence-electron chi connectivity index (χ4n) is 2.12. The van der Waals surface area contributed by atoms with Crippen molar-refractivity contribution < 1.29 is 4.74 Å². The predicted molar refractivity (Wildman–Crippen MR) is 85.5 cm³/mol. The molecule has 5 nitrogen and oxygen atoms in total. The van der Waals surface area contributed by atoms with Gasteiger partial charge < -0.3 is 10.1 Å². The summed E-state index contributed by atoms with van der Waals surface area (Å²) in [6.07, 6.45) is 5.56. The normalized spacial score (nSPS) is 10.4. The fourth-order valence-corrected chi connectivity index (χ4v) is 2.12. The molecule has 0 spiro atoms. The van der Waals surface area contributed by atoms with E-state index in [1.165, 1.54) is 0 Å².